The topological polar surface area (TPSA) is 105 Å². The van der Waals surface area contributed by atoms with Crippen molar-refractivity contribution in [1.29, 1.82) is 0 Å². The third-order valence-electron chi connectivity index (χ3n) is 7.35. The maximum Gasteiger partial charge on any atom is 0.248 e. The van der Waals surface area contributed by atoms with Gasteiger partial charge in [-0.15, -0.1) is 0 Å². The summed E-state index contributed by atoms with van der Waals surface area (Å²) in [5.74, 6) is 6.69. The summed E-state index contributed by atoms with van der Waals surface area (Å²) >= 11 is 2.43. The number of benzene rings is 1. The van der Waals surface area contributed by atoms with Crippen molar-refractivity contribution in [3.05, 3.63) is 64.4 Å². The lowest BCUT2D eigenvalue weighted by atomic mass is 9.92. The molecule has 1 aromatic carbocycles. The van der Waals surface area contributed by atoms with Gasteiger partial charge in [0, 0.05) is 44.4 Å². The van der Waals surface area contributed by atoms with Crippen molar-refractivity contribution in [2.24, 2.45) is 5.92 Å². The number of nitrogens with zero attached hydrogens (tertiary/aromatic N) is 4. The summed E-state index contributed by atoms with van der Waals surface area (Å²) in [7, 11) is 1.57. The highest BCUT2D eigenvalue weighted by atomic mass is 127. The molecule has 2 amide bonds. The van der Waals surface area contributed by atoms with Gasteiger partial charge in [-0.25, -0.2) is 9.97 Å². The highest BCUT2D eigenvalue weighted by molar-refractivity contribution is 14.2. The highest BCUT2D eigenvalue weighted by Gasteiger charge is 2.49. The minimum atomic E-state index is -0.921. The van der Waals surface area contributed by atoms with Crippen LogP contribution in [-0.2, 0) is 14.4 Å². The molecule has 0 bridgehead atoms. The van der Waals surface area contributed by atoms with E-state index >= 15 is 0 Å². The Bertz CT molecular complexity index is 1700. The smallest absolute Gasteiger partial charge is 0.248 e. The standard InChI is InChI=1S/C30H25BrIN5O4/c1-16-4-10-25(31)34-29(16)35-30(40)24-13-19-6-8-22(19)37(24)27(39)15-36-23-9-5-18(12-21(23)28(32-36)17(2)38)20-7-11-26(41-3)33-14-20/h4-5,7,9-12,14,19,22,24H,13,15H2,1-3H3,(H,34,35,40)/t19-,22-,24+/m1/s1. The largest absolute Gasteiger partial charge is 0.481 e. The van der Waals surface area contributed by atoms with Crippen LogP contribution in [0.25, 0.3) is 11.1 Å². The fourth-order valence-corrected chi connectivity index (χ4v) is 8.27. The van der Waals surface area contributed by atoms with Crippen molar-refractivity contribution >= 4 is 69.5 Å². The Morgan fingerprint density at radius 3 is 2.63 bits per heavy atom. The summed E-state index contributed by atoms with van der Waals surface area (Å²) in [5, 5.41) is 2.91. The predicted octanol–water partition coefficient (Wildman–Crippen LogP) is 4.28. The molecule has 0 radical (unpaired) electrons. The first-order valence-corrected chi connectivity index (χ1v) is 15.8. The van der Waals surface area contributed by atoms with E-state index in [1.807, 2.05) is 46.4 Å². The van der Waals surface area contributed by atoms with Crippen molar-refractivity contribution in [1.82, 2.24) is 14.9 Å². The molecule has 0 saturated carbocycles. The molecule has 1 aliphatic carbocycles. The van der Waals surface area contributed by atoms with Gasteiger partial charge in [0.2, 0.25) is 17.7 Å². The summed E-state index contributed by atoms with van der Waals surface area (Å²) in [6, 6.07) is 12.4. The SMILES string of the molecule is COc1ccc(-c2ccc3c(c2)C(C(C)=O)=IN3CC(=O)N2[C@@H]3C#C[C@@H]3C[C@H]2C(=O)Nc2nc(Br)ccc2C)cn1. The summed E-state index contributed by atoms with van der Waals surface area (Å²) < 4.78 is 8.54. The maximum absolute atomic E-state index is 13.8. The molecule has 208 valence electrons. The van der Waals surface area contributed by atoms with Crippen molar-refractivity contribution in [2.75, 3.05) is 22.1 Å². The first-order valence-electron chi connectivity index (χ1n) is 12.9. The third-order valence-corrected chi connectivity index (χ3v) is 11.1. The number of hydrogen-bond donors (Lipinski definition) is 1. The van der Waals surface area contributed by atoms with E-state index in [2.05, 4.69) is 43.1 Å². The van der Waals surface area contributed by atoms with Gasteiger partial charge in [-0.2, -0.15) is 0 Å². The average molecular weight is 726 g/mol. The number of anilines is 2. The second-order valence-electron chi connectivity index (χ2n) is 9.98. The molecule has 6 rings (SSSR count). The molecule has 1 N–H and O–H groups in total. The summed E-state index contributed by atoms with van der Waals surface area (Å²) in [6.45, 7) is 3.51. The first kappa shape index (κ1) is 27.5. The van der Waals surface area contributed by atoms with E-state index in [-0.39, 0.29) is 36.1 Å². The molecule has 3 aromatic rings. The second kappa shape index (κ2) is 11.0. The molecule has 0 spiro atoms. The normalized spacial score (nSPS) is 20.0. The number of nitrogens with one attached hydrogen (secondary N) is 1. The van der Waals surface area contributed by atoms with Gasteiger partial charge in [0.05, 0.1) is 22.2 Å². The highest BCUT2D eigenvalue weighted by Crippen LogP contribution is 2.40. The zero-order valence-electron chi connectivity index (χ0n) is 22.4. The van der Waals surface area contributed by atoms with E-state index in [1.54, 1.807) is 31.2 Å². The van der Waals surface area contributed by atoms with E-state index in [0.717, 1.165) is 31.4 Å². The van der Waals surface area contributed by atoms with Gasteiger partial charge in [0.15, 0.2) is 5.78 Å². The number of Topliss-reactive ketones (excluding diaryl/α,β-unsaturated/α-hetero) is 1. The Balaban J connectivity index is 1.25. The van der Waals surface area contributed by atoms with E-state index in [4.69, 9.17) is 4.74 Å². The van der Waals surface area contributed by atoms with Gasteiger partial charge < -0.3 is 18.1 Å². The zero-order chi connectivity index (χ0) is 28.8. The van der Waals surface area contributed by atoms with Crippen LogP contribution >= 0.6 is 36.9 Å². The molecular weight excluding hydrogens is 701 g/mol. The number of aromatic nitrogens is 2. The second-order valence-corrected chi connectivity index (χ2v) is 13.5. The lowest BCUT2D eigenvalue weighted by Gasteiger charge is -2.31. The number of fused-ring (bicyclic) bond motifs is 2. The molecule has 1 fully saturated rings. The Morgan fingerprint density at radius 2 is 1.95 bits per heavy atom. The van der Waals surface area contributed by atoms with Crippen LogP contribution in [-0.4, -0.2) is 61.7 Å². The fraction of sp³-hybridized carbons (Fsp3) is 0.267. The molecule has 9 nitrogen and oxygen atoms in total. The van der Waals surface area contributed by atoms with Crippen LogP contribution < -0.4 is 13.2 Å². The minimum absolute atomic E-state index is 0.000697. The molecule has 3 aliphatic rings. The van der Waals surface area contributed by atoms with Gasteiger partial charge >= 0.3 is 0 Å². The molecule has 0 unspecified atom stereocenters. The number of pyridine rings is 2. The number of carbonyl (C=O) groups excluding carboxylic acids is 3. The number of likely N-dealkylation sites (tertiary alicyclic amines) is 1. The number of ketones is 1. The van der Waals surface area contributed by atoms with E-state index in [1.165, 1.54) is 0 Å². The predicted molar refractivity (Wildman–Crippen MR) is 168 cm³/mol. The van der Waals surface area contributed by atoms with Crippen LogP contribution in [0, 0.1) is 24.7 Å². The zero-order valence-corrected chi connectivity index (χ0v) is 26.2. The van der Waals surface area contributed by atoms with Crippen LogP contribution in [0.15, 0.2) is 53.3 Å². The molecule has 41 heavy (non-hydrogen) atoms. The van der Waals surface area contributed by atoms with E-state index in [9.17, 15) is 14.4 Å². The first-order chi connectivity index (χ1) is 19.7. The number of ether oxygens (including phenoxy) is 1. The molecule has 3 atom stereocenters. The van der Waals surface area contributed by atoms with Crippen molar-refractivity contribution < 1.29 is 19.1 Å². The van der Waals surface area contributed by atoms with Gasteiger partial charge in [-0.3, -0.25) is 14.4 Å². The molecule has 4 heterocycles. The number of carbonyl (C=O) groups is 3. The Labute approximate surface area is 255 Å². The lowest BCUT2D eigenvalue weighted by molar-refractivity contribution is -0.136. The number of halogens is 2. The summed E-state index contributed by atoms with van der Waals surface area (Å²) in [4.78, 5) is 50.2. The Morgan fingerprint density at radius 1 is 1.15 bits per heavy atom. The molecule has 11 heteroatoms. The average Bonchev–Trinajstić information content (AvgIpc) is 3.44. The Kier molecular flexibility index (Phi) is 7.37. The van der Waals surface area contributed by atoms with Crippen LogP contribution in [0.5, 0.6) is 5.88 Å². The minimum Gasteiger partial charge on any atom is -0.481 e. The van der Waals surface area contributed by atoms with Gasteiger partial charge in [0.1, 0.15) is 29.0 Å². The van der Waals surface area contributed by atoms with Gasteiger partial charge in [0.25, 0.3) is 0 Å². The number of methoxy groups -OCH3 is 1. The van der Waals surface area contributed by atoms with Gasteiger partial charge in [-0.1, -0.05) is 24.0 Å². The maximum atomic E-state index is 13.8. The number of hydrogen-bond acceptors (Lipinski definition) is 7. The molecular formula is C30H25BrIN5O4. The summed E-state index contributed by atoms with van der Waals surface area (Å²) in [6.07, 6.45) is 2.22. The fourth-order valence-electron chi connectivity index (χ4n) is 5.20. The van der Waals surface area contributed by atoms with E-state index in [0.29, 0.717) is 22.7 Å². The number of rotatable bonds is 7. The van der Waals surface area contributed by atoms with Crippen molar-refractivity contribution in [2.45, 2.75) is 32.4 Å². The third kappa shape index (κ3) is 5.15. The quantitative estimate of drug-likeness (QED) is 0.168. The van der Waals surface area contributed by atoms with Crippen LogP contribution in [0.3, 0.4) is 0 Å². The van der Waals surface area contributed by atoms with Crippen molar-refractivity contribution in [3.63, 3.8) is 0 Å². The Hall–Kier alpha value is -3.63. The monoisotopic (exact) mass is 725 g/mol. The number of amides is 2. The van der Waals surface area contributed by atoms with Crippen LogP contribution in [0.1, 0.15) is 24.5 Å². The van der Waals surface area contributed by atoms with Crippen LogP contribution in [0.4, 0.5) is 11.5 Å². The summed E-state index contributed by atoms with van der Waals surface area (Å²) in [5.41, 5.74) is 4.36. The molecule has 2 aliphatic heterocycles. The number of aryl methyl sites for hydroxylation is 1. The molecule has 1 saturated heterocycles. The lowest BCUT2D eigenvalue weighted by Crippen LogP contribution is -2.50. The van der Waals surface area contributed by atoms with Gasteiger partial charge in [-0.05, 0) is 71.6 Å². The molecule has 2 aromatic heterocycles. The van der Waals surface area contributed by atoms with E-state index < -0.39 is 27.0 Å². The van der Waals surface area contributed by atoms with Crippen molar-refractivity contribution in [3.8, 4) is 28.8 Å². The van der Waals surface area contributed by atoms with Crippen LogP contribution in [0.2, 0.25) is 0 Å².